The van der Waals surface area contributed by atoms with Crippen molar-refractivity contribution in [1.82, 2.24) is 14.2 Å². The van der Waals surface area contributed by atoms with E-state index in [0.717, 1.165) is 32.5 Å². The summed E-state index contributed by atoms with van der Waals surface area (Å²) in [5, 5.41) is 0. The quantitative estimate of drug-likeness (QED) is 0.768. The fourth-order valence-electron chi connectivity index (χ4n) is 4.31. The van der Waals surface area contributed by atoms with Crippen molar-refractivity contribution in [3.63, 3.8) is 0 Å². The summed E-state index contributed by atoms with van der Waals surface area (Å²) in [6.45, 7) is 7.15. The van der Waals surface area contributed by atoms with Crippen LogP contribution in [0.1, 0.15) is 32.3 Å². The first-order chi connectivity index (χ1) is 13.9. The summed E-state index contributed by atoms with van der Waals surface area (Å²) >= 11 is 0. The fourth-order valence-corrected chi connectivity index (χ4v) is 6.28. The van der Waals surface area contributed by atoms with Gasteiger partial charge in [-0.25, -0.2) is 8.42 Å². The first-order valence-electron chi connectivity index (χ1n) is 10.3. The minimum atomic E-state index is -3.60. The molecule has 0 aliphatic carbocycles. The standard InChI is InChI=1S/C22H29N3O3S/c1-17(2)15-25-19-9-12-24(16-18-6-5-11-23-14-18)13-10-20(19)28-21-7-3-4-8-22(21)29(25,26)27/h3-8,11,14,17,19-20H,9-10,12-13,15-16H2,1-2H3/t19-,20-/m1/s1. The van der Waals surface area contributed by atoms with Crippen molar-refractivity contribution in [1.29, 1.82) is 0 Å². The molecule has 0 N–H and O–H groups in total. The number of hydrogen-bond donors (Lipinski definition) is 0. The zero-order valence-electron chi connectivity index (χ0n) is 17.1. The summed E-state index contributed by atoms with van der Waals surface area (Å²) in [7, 11) is -3.60. The molecule has 2 aromatic rings. The lowest BCUT2D eigenvalue weighted by atomic mass is 10.0. The highest BCUT2D eigenvalue weighted by Crippen LogP contribution is 2.36. The minimum Gasteiger partial charge on any atom is -0.487 e. The maximum atomic E-state index is 13.5. The average molecular weight is 416 g/mol. The maximum Gasteiger partial charge on any atom is 0.247 e. The Morgan fingerprint density at radius 1 is 1.14 bits per heavy atom. The molecule has 0 spiro atoms. The Morgan fingerprint density at radius 3 is 2.69 bits per heavy atom. The second kappa shape index (κ2) is 8.42. The minimum absolute atomic E-state index is 0.147. The molecule has 0 unspecified atom stereocenters. The normalized spacial score (nSPS) is 24.8. The molecule has 2 atom stereocenters. The van der Waals surface area contributed by atoms with Crippen molar-refractivity contribution in [2.45, 2.75) is 50.3 Å². The van der Waals surface area contributed by atoms with E-state index in [1.165, 1.54) is 5.56 Å². The van der Waals surface area contributed by atoms with E-state index < -0.39 is 10.0 Å². The largest absolute Gasteiger partial charge is 0.487 e. The number of aromatic nitrogens is 1. The first kappa shape index (κ1) is 20.3. The molecule has 29 heavy (non-hydrogen) atoms. The van der Waals surface area contributed by atoms with Crippen molar-refractivity contribution in [2.24, 2.45) is 5.92 Å². The maximum absolute atomic E-state index is 13.5. The number of rotatable bonds is 4. The Bertz CT molecular complexity index is 933. The van der Waals surface area contributed by atoms with Gasteiger partial charge in [0, 0.05) is 38.6 Å². The van der Waals surface area contributed by atoms with E-state index in [1.54, 1.807) is 28.7 Å². The summed E-state index contributed by atoms with van der Waals surface area (Å²) in [5.74, 6) is 0.722. The van der Waals surface area contributed by atoms with Crippen LogP contribution >= 0.6 is 0 Å². The lowest BCUT2D eigenvalue weighted by Gasteiger charge is -2.32. The molecule has 6 nitrogen and oxygen atoms in total. The molecule has 4 rings (SSSR count). The van der Waals surface area contributed by atoms with Crippen LogP contribution < -0.4 is 4.74 Å². The van der Waals surface area contributed by atoms with Crippen molar-refractivity contribution < 1.29 is 13.2 Å². The molecular weight excluding hydrogens is 386 g/mol. The third kappa shape index (κ3) is 4.32. The van der Waals surface area contributed by atoms with Gasteiger partial charge in [0.15, 0.2) is 0 Å². The van der Waals surface area contributed by atoms with Crippen LogP contribution in [-0.2, 0) is 16.6 Å². The summed E-state index contributed by atoms with van der Waals surface area (Å²) < 4.78 is 35.1. The number of nitrogens with zero attached hydrogens (tertiary/aromatic N) is 3. The molecular formula is C22H29N3O3S. The van der Waals surface area contributed by atoms with Crippen LogP contribution in [0.25, 0.3) is 0 Å². The van der Waals surface area contributed by atoms with Gasteiger partial charge in [-0.05, 0) is 42.5 Å². The summed E-state index contributed by atoms with van der Waals surface area (Å²) in [5.41, 5.74) is 1.17. The smallest absolute Gasteiger partial charge is 0.247 e. The molecule has 0 bridgehead atoms. The molecule has 0 amide bonds. The molecule has 0 radical (unpaired) electrons. The zero-order chi connectivity index (χ0) is 20.4. The van der Waals surface area contributed by atoms with Crippen LogP contribution in [0.3, 0.4) is 0 Å². The average Bonchev–Trinajstić information content (AvgIpc) is 2.93. The highest BCUT2D eigenvalue weighted by Gasteiger charge is 2.43. The zero-order valence-corrected chi connectivity index (χ0v) is 17.9. The van der Waals surface area contributed by atoms with E-state index in [9.17, 15) is 8.42 Å². The van der Waals surface area contributed by atoms with Gasteiger partial charge in [-0.1, -0.05) is 32.0 Å². The Hall–Kier alpha value is -1.96. The monoisotopic (exact) mass is 415 g/mol. The predicted molar refractivity (Wildman–Crippen MR) is 112 cm³/mol. The van der Waals surface area contributed by atoms with E-state index >= 15 is 0 Å². The highest BCUT2D eigenvalue weighted by atomic mass is 32.2. The van der Waals surface area contributed by atoms with Crippen LogP contribution in [0.4, 0.5) is 0 Å². The number of sulfonamides is 1. The van der Waals surface area contributed by atoms with E-state index in [-0.39, 0.29) is 18.1 Å². The number of hydrogen-bond acceptors (Lipinski definition) is 5. The van der Waals surface area contributed by atoms with Gasteiger partial charge >= 0.3 is 0 Å². The molecule has 1 aromatic heterocycles. The lowest BCUT2D eigenvalue weighted by Crippen LogP contribution is -2.48. The number of pyridine rings is 1. The van der Waals surface area contributed by atoms with Crippen LogP contribution in [0.2, 0.25) is 0 Å². The lowest BCUT2D eigenvalue weighted by molar-refractivity contribution is 0.108. The number of fused-ring (bicyclic) bond motifs is 2. The van der Waals surface area contributed by atoms with Crippen LogP contribution in [0.5, 0.6) is 5.75 Å². The van der Waals surface area contributed by atoms with Gasteiger partial charge in [0.2, 0.25) is 10.0 Å². The van der Waals surface area contributed by atoms with Crippen molar-refractivity contribution >= 4 is 10.0 Å². The van der Waals surface area contributed by atoms with E-state index in [0.29, 0.717) is 17.2 Å². The molecule has 1 aromatic carbocycles. The van der Waals surface area contributed by atoms with Crippen molar-refractivity contribution in [2.75, 3.05) is 19.6 Å². The molecule has 3 heterocycles. The van der Waals surface area contributed by atoms with E-state index in [4.69, 9.17) is 4.74 Å². The van der Waals surface area contributed by atoms with Gasteiger partial charge in [0.05, 0.1) is 6.04 Å². The first-order valence-corrected chi connectivity index (χ1v) is 11.8. The predicted octanol–water partition coefficient (Wildman–Crippen LogP) is 3.15. The molecule has 1 saturated heterocycles. The molecule has 1 fully saturated rings. The molecule has 156 valence electrons. The fraction of sp³-hybridized carbons (Fsp3) is 0.500. The topological polar surface area (TPSA) is 62.7 Å². The van der Waals surface area contributed by atoms with Crippen molar-refractivity contribution in [3.05, 3.63) is 54.4 Å². The molecule has 0 saturated carbocycles. The van der Waals surface area contributed by atoms with Gasteiger partial charge in [0.25, 0.3) is 0 Å². The number of likely N-dealkylation sites (tertiary alicyclic amines) is 1. The van der Waals surface area contributed by atoms with Gasteiger partial charge in [-0.3, -0.25) is 9.88 Å². The third-order valence-electron chi connectivity index (χ3n) is 5.66. The molecule has 7 heteroatoms. The van der Waals surface area contributed by atoms with Crippen molar-refractivity contribution in [3.8, 4) is 5.75 Å². The second-order valence-corrected chi connectivity index (χ2v) is 10.2. The van der Waals surface area contributed by atoms with E-state index in [1.807, 2.05) is 18.3 Å². The number of para-hydroxylation sites is 1. The van der Waals surface area contributed by atoms with Gasteiger partial charge < -0.3 is 4.74 Å². The summed E-state index contributed by atoms with van der Waals surface area (Å²) in [4.78, 5) is 6.88. The van der Waals surface area contributed by atoms with Gasteiger partial charge in [0.1, 0.15) is 16.7 Å². The van der Waals surface area contributed by atoms with Crippen LogP contribution in [0, 0.1) is 5.92 Å². The Balaban J connectivity index is 1.63. The van der Waals surface area contributed by atoms with E-state index in [2.05, 4.69) is 29.8 Å². The van der Waals surface area contributed by atoms with Gasteiger partial charge in [-0.15, -0.1) is 0 Å². The molecule has 2 aliphatic heterocycles. The number of ether oxygens (including phenoxy) is 1. The third-order valence-corrected chi connectivity index (χ3v) is 7.59. The number of benzene rings is 1. The van der Waals surface area contributed by atoms with Crippen LogP contribution in [0.15, 0.2) is 53.7 Å². The Labute approximate surface area is 173 Å². The van der Waals surface area contributed by atoms with Crippen LogP contribution in [-0.4, -0.2) is 54.4 Å². The van der Waals surface area contributed by atoms with Gasteiger partial charge in [-0.2, -0.15) is 4.31 Å². The SMILES string of the molecule is CC(C)CN1[C@@H]2CCN(Cc3cccnc3)CC[C@H]2Oc2ccccc2S1(=O)=O. The summed E-state index contributed by atoms with van der Waals surface area (Å²) in [6.07, 6.45) is 5.08. The Kier molecular flexibility index (Phi) is 5.90. The highest BCUT2D eigenvalue weighted by molar-refractivity contribution is 7.89. The second-order valence-electron chi connectivity index (χ2n) is 8.35. The molecule has 2 aliphatic rings. The summed E-state index contributed by atoms with van der Waals surface area (Å²) in [6, 6.07) is 10.9. The Morgan fingerprint density at radius 2 is 1.93 bits per heavy atom.